The van der Waals surface area contributed by atoms with Gasteiger partial charge in [0.1, 0.15) is 11.6 Å². The van der Waals surface area contributed by atoms with Gasteiger partial charge < -0.3 is 9.30 Å². The van der Waals surface area contributed by atoms with Crippen LogP contribution in [0.1, 0.15) is 29.9 Å². The van der Waals surface area contributed by atoms with E-state index in [2.05, 4.69) is 65.9 Å². The van der Waals surface area contributed by atoms with E-state index < -0.39 is 0 Å². The molecule has 0 bridgehead atoms. The Morgan fingerprint density at radius 2 is 2.04 bits per heavy atom. The smallest absolute Gasteiger partial charge is 0.119 e. The van der Waals surface area contributed by atoms with Crippen LogP contribution in [0.15, 0.2) is 42.5 Å². The molecule has 3 aromatic rings. The zero-order valence-corrected chi connectivity index (χ0v) is 15.2. The van der Waals surface area contributed by atoms with E-state index in [9.17, 15) is 0 Å². The monoisotopic (exact) mass is 335 g/mol. The van der Waals surface area contributed by atoms with Gasteiger partial charge in [0.05, 0.1) is 18.1 Å². The Bertz CT molecular complexity index is 899. The summed E-state index contributed by atoms with van der Waals surface area (Å²) in [7, 11) is 3.85. The maximum atomic E-state index is 5.37. The second kappa shape index (κ2) is 6.52. The molecule has 0 amide bonds. The van der Waals surface area contributed by atoms with E-state index >= 15 is 0 Å². The van der Waals surface area contributed by atoms with Gasteiger partial charge in [-0.1, -0.05) is 18.2 Å². The van der Waals surface area contributed by atoms with E-state index in [4.69, 9.17) is 9.72 Å². The summed E-state index contributed by atoms with van der Waals surface area (Å²) < 4.78 is 7.59. The molecule has 25 heavy (non-hydrogen) atoms. The minimum atomic E-state index is 0.435. The number of rotatable bonds is 4. The highest BCUT2D eigenvalue weighted by Crippen LogP contribution is 2.31. The molecule has 2 heterocycles. The minimum absolute atomic E-state index is 0.435. The Balaban J connectivity index is 1.50. The first-order valence-electron chi connectivity index (χ1n) is 8.98. The maximum Gasteiger partial charge on any atom is 0.119 e. The molecule has 0 spiro atoms. The quantitative estimate of drug-likeness (QED) is 0.727. The van der Waals surface area contributed by atoms with Crippen molar-refractivity contribution in [2.75, 3.05) is 20.2 Å². The number of aromatic nitrogens is 2. The number of ether oxygens (including phenoxy) is 1. The Morgan fingerprint density at radius 1 is 1.20 bits per heavy atom. The summed E-state index contributed by atoms with van der Waals surface area (Å²) in [4.78, 5) is 7.37. The SMILES string of the molecule is COc1ccc2c(c1)CCN(CCc1nc3ccccc3n1C)C2C. The van der Waals surface area contributed by atoms with E-state index in [0.29, 0.717) is 6.04 Å². The standard InChI is InChI=1S/C21H25N3O/c1-15-18-9-8-17(25-3)14-16(18)10-12-24(15)13-11-21-22-19-6-4-5-7-20(19)23(21)2/h4-9,14-15H,10-13H2,1-3H3. The molecule has 0 saturated heterocycles. The van der Waals surface area contributed by atoms with Crippen molar-refractivity contribution in [3.8, 4) is 5.75 Å². The van der Waals surface area contributed by atoms with Crippen molar-refractivity contribution in [2.45, 2.75) is 25.8 Å². The molecule has 130 valence electrons. The van der Waals surface area contributed by atoms with Crippen molar-refractivity contribution in [3.05, 3.63) is 59.4 Å². The Labute approximate surface area is 149 Å². The molecule has 0 radical (unpaired) electrons. The van der Waals surface area contributed by atoms with Crippen molar-refractivity contribution in [1.29, 1.82) is 0 Å². The Hall–Kier alpha value is -2.33. The largest absolute Gasteiger partial charge is 0.497 e. The van der Waals surface area contributed by atoms with Gasteiger partial charge in [-0.3, -0.25) is 4.90 Å². The summed E-state index contributed by atoms with van der Waals surface area (Å²) in [6.45, 7) is 4.43. The maximum absolute atomic E-state index is 5.37. The molecular weight excluding hydrogens is 310 g/mol. The summed E-state index contributed by atoms with van der Waals surface area (Å²) in [6, 6.07) is 15.3. The van der Waals surface area contributed by atoms with Crippen LogP contribution in [0, 0.1) is 0 Å². The molecule has 1 aromatic heterocycles. The zero-order chi connectivity index (χ0) is 17.4. The van der Waals surface area contributed by atoms with Gasteiger partial charge in [-0.2, -0.15) is 0 Å². The molecule has 1 aliphatic rings. The van der Waals surface area contributed by atoms with Crippen LogP contribution in [0.25, 0.3) is 11.0 Å². The fourth-order valence-corrected chi connectivity index (χ4v) is 3.96. The van der Waals surface area contributed by atoms with Crippen LogP contribution < -0.4 is 4.74 Å². The molecule has 4 nitrogen and oxygen atoms in total. The van der Waals surface area contributed by atoms with Crippen LogP contribution in [0.2, 0.25) is 0 Å². The highest BCUT2D eigenvalue weighted by Gasteiger charge is 2.24. The summed E-state index contributed by atoms with van der Waals surface area (Å²) in [5.74, 6) is 2.12. The van der Waals surface area contributed by atoms with Crippen molar-refractivity contribution >= 4 is 11.0 Å². The van der Waals surface area contributed by atoms with E-state index in [1.54, 1.807) is 7.11 Å². The third-order valence-corrected chi connectivity index (χ3v) is 5.52. The lowest BCUT2D eigenvalue weighted by Crippen LogP contribution is -2.35. The summed E-state index contributed by atoms with van der Waals surface area (Å²) >= 11 is 0. The second-order valence-corrected chi connectivity index (χ2v) is 6.85. The lowest BCUT2D eigenvalue weighted by atomic mass is 9.93. The lowest BCUT2D eigenvalue weighted by Gasteiger charge is -2.35. The van der Waals surface area contributed by atoms with Crippen LogP contribution in [-0.4, -0.2) is 34.7 Å². The highest BCUT2D eigenvalue weighted by atomic mass is 16.5. The second-order valence-electron chi connectivity index (χ2n) is 6.85. The van der Waals surface area contributed by atoms with Crippen molar-refractivity contribution in [3.63, 3.8) is 0 Å². The van der Waals surface area contributed by atoms with Gasteiger partial charge in [-0.25, -0.2) is 4.98 Å². The molecular formula is C21H25N3O. The number of hydrogen-bond donors (Lipinski definition) is 0. The van der Waals surface area contributed by atoms with E-state index in [-0.39, 0.29) is 0 Å². The van der Waals surface area contributed by atoms with Crippen LogP contribution in [0.5, 0.6) is 5.75 Å². The zero-order valence-electron chi connectivity index (χ0n) is 15.2. The van der Waals surface area contributed by atoms with Gasteiger partial charge in [0.15, 0.2) is 0 Å². The molecule has 2 aromatic carbocycles. The van der Waals surface area contributed by atoms with Gasteiger partial charge in [0.25, 0.3) is 0 Å². The van der Waals surface area contributed by atoms with Crippen molar-refractivity contribution in [1.82, 2.24) is 14.5 Å². The topological polar surface area (TPSA) is 30.3 Å². The molecule has 1 aliphatic heterocycles. The molecule has 0 fully saturated rings. The first kappa shape index (κ1) is 16.2. The number of aryl methyl sites for hydroxylation is 1. The lowest BCUT2D eigenvalue weighted by molar-refractivity contribution is 0.199. The van der Waals surface area contributed by atoms with Crippen LogP contribution in [0.4, 0.5) is 0 Å². The average Bonchev–Trinajstić information content (AvgIpc) is 2.97. The minimum Gasteiger partial charge on any atom is -0.497 e. The third-order valence-electron chi connectivity index (χ3n) is 5.52. The van der Waals surface area contributed by atoms with Gasteiger partial charge in [-0.05, 0) is 48.7 Å². The van der Waals surface area contributed by atoms with Crippen molar-refractivity contribution in [2.24, 2.45) is 7.05 Å². The van der Waals surface area contributed by atoms with Crippen LogP contribution in [-0.2, 0) is 19.9 Å². The average molecular weight is 335 g/mol. The van der Waals surface area contributed by atoms with E-state index in [1.165, 1.54) is 16.6 Å². The van der Waals surface area contributed by atoms with Gasteiger partial charge >= 0.3 is 0 Å². The number of nitrogens with zero attached hydrogens (tertiary/aromatic N) is 3. The predicted molar refractivity (Wildman–Crippen MR) is 101 cm³/mol. The first-order valence-corrected chi connectivity index (χ1v) is 8.98. The number of benzene rings is 2. The fraction of sp³-hybridized carbons (Fsp3) is 0.381. The summed E-state index contributed by atoms with van der Waals surface area (Å²) in [5, 5.41) is 0. The van der Waals surface area contributed by atoms with Crippen molar-refractivity contribution < 1.29 is 4.74 Å². The van der Waals surface area contributed by atoms with Crippen LogP contribution in [0.3, 0.4) is 0 Å². The molecule has 0 N–H and O–H groups in total. The number of methoxy groups -OCH3 is 1. The number of para-hydroxylation sites is 2. The van der Waals surface area contributed by atoms with Gasteiger partial charge in [-0.15, -0.1) is 0 Å². The predicted octanol–water partition coefficient (Wildman–Crippen LogP) is 3.74. The number of imidazole rings is 1. The Morgan fingerprint density at radius 3 is 2.84 bits per heavy atom. The molecule has 1 atom stereocenters. The van der Waals surface area contributed by atoms with Gasteiger partial charge in [0.2, 0.25) is 0 Å². The summed E-state index contributed by atoms with van der Waals surface area (Å²) in [5.41, 5.74) is 5.15. The number of fused-ring (bicyclic) bond motifs is 2. The third kappa shape index (κ3) is 2.91. The Kier molecular flexibility index (Phi) is 4.22. The van der Waals surface area contributed by atoms with E-state index in [0.717, 1.165) is 43.0 Å². The molecule has 1 unspecified atom stereocenters. The molecule has 4 rings (SSSR count). The first-order chi connectivity index (χ1) is 12.2. The highest BCUT2D eigenvalue weighted by molar-refractivity contribution is 5.75. The summed E-state index contributed by atoms with van der Waals surface area (Å²) in [6.07, 6.45) is 2.06. The molecule has 0 saturated carbocycles. The van der Waals surface area contributed by atoms with Gasteiger partial charge in [0, 0.05) is 32.6 Å². The number of hydrogen-bond acceptors (Lipinski definition) is 3. The molecule has 4 heteroatoms. The van der Waals surface area contributed by atoms with Crippen LogP contribution >= 0.6 is 0 Å². The molecule has 0 aliphatic carbocycles. The normalized spacial score (nSPS) is 17.6. The van der Waals surface area contributed by atoms with E-state index in [1.807, 2.05) is 0 Å². The fourth-order valence-electron chi connectivity index (χ4n) is 3.96.